The maximum atomic E-state index is 14.3. The Hall–Kier alpha value is -2.27. The van der Waals surface area contributed by atoms with E-state index in [9.17, 15) is 19.5 Å². The second-order valence-corrected chi connectivity index (χ2v) is 10.4. The summed E-state index contributed by atoms with van der Waals surface area (Å²) in [5, 5.41) is 9.53. The summed E-state index contributed by atoms with van der Waals surface area (Å²) in [7, 11) is 0. The zero-order valence-corrected chi connectivity index (χ0v) is 21.9. The first-order chi connectivity index (χ1) is 17.9. The number of carbonyl (C=O) groups excluding carboxylic acids is 3. The molecule has 0 aliphatic carbocycles. The molecule has 4 aliphatic rings. The lowest BCUT2D eigenvalue weighted by molar-refractivity contribution is -0.161. The summed E-state index contributed by atoms with van der Waals surface area (Å²) in [6, 6.07) is -0.869. The van der Waals surface area contributed by atoms with E-state index in [1.165, 1.54) is 6.08 Å². The number of morpholine rings is 1. The third-order valence-electron chi connectivity index (χ3n) is 8.52. The van der Waals surface area contributed by atoms with Gasteiger partial charge in [0.2, 0.25) is 11.8 Å². The van der Waals surface area contributed by atoms with Gasteiger partial charge in [-0.3, -0.25) is 19.3 Å². The van der Waals surface area contributed by atoms with Crippen LogP contribution < -0.4 is 0 Å². The molecular weight excluding hydrogens is 478 g/mol. The molecule has 2 unspecified atom stereocenters. The number of nitrogens with zero attached hydrogens (tertiary/aromatic N) is 3. The van der Waals surface area contributed by atoms with Crippen molar-refractivity contribution in [2.45, 2.75) is 49.9 Å². The molecule has 4 heterocycles. The molecule has 37 heavy (non-hydrogen) atoms. The summed E-state index contributed by atoms with van der Waals surface area (Å²) < 4.78 is 17.6. The zero-order chi connectivity index (χ0) is 26.6. The van der Waals surface area contributed by atoms with Crippen LogP contribution in [-0.4, -0.2) is 121 Å². The Morgan fingerprint density at radius 3 is 2.62 bits per heavy atom. The van der Waals surface area contributed by atoms with Crippen LogP contribution in [0.2, 0.25) is 0 Å². The highest BCUT2D eigenvalue weighted by atomic mass is 16.6. The van der Waals surface area contributed by atoms with Crippen molar-refractivity contribution >= 4 is 17.8 Å². The van der Waals surface area contributed by atoms with Crippen molar-refractivity contribution in [1.82, 2.24) is 14.7 Å². The van der Waals surface area contributed by atoms with Gasteiger partial charge in [0.1, 0.15) is 24.2 Å². The summed E-state index contributed by atoms with van der Waals surface area (Å²) in [5.74, 6) is -2.53. The number of aliphatic hydroxyl groups excluding tert-OH is 1. The molecular formula is C27H41N3O7. The van der Waals surface area contributed by atoms with Gasteiger partial charge < -0.3 is 29.1 Å². The normalized spacial score (nSPS) is 32.9. The summed E-state index contributed by atoms with van der Waals surface area (Å²) in [5.41, 5.74) is -1.94. The van der Waals surface area contributed by atoms with Gasteiger partial charge in [0, 0.05) is 45.9 Å². The van der Waals surface area contributed by atoms with E-state index in [0.717, 1.165) is 13.1 Å². The van der Waals surface area contributed by atoms with Crippen LogP contribution in [0.1, 0.15) is 32.6 Å². The van der Waals surface area contributed by atoms with E-state index in [4.69, 9.17) is 14.2 Å². The SMILES string of the molecule is C=CCOC(=O)[C@@H]1[C@H]2C(=O)N(CCCO)C(C(=O)N(CC=C)CCN3CCOCC3)C23CC[C@@]1(CC)O3. The van der Waals surface area contributed by atoms with Crippen LogP contribution in [0, 0.1) is 11.8 Å². The van der Waals surface area contributed by atoms with Crippen molar-refractivity contribution in [2.75, 3.05) is 65.7 Å². The Bertz CT molecular complexity index is 891. The number of hydrogen-bond acceptors (Lipinski definition) is 8. The number of esters is 1. The molecule has 4 rings (SSSR count). The highest BCUT2D eigenvalue weighted by Crippen LogP contribution is 2.64. The van der Waals surface area contributed by atoms with Gasteiger partial charge in [0.25, 0.3) is 0 Å². The maximum Gasteiger partial charge on any atom is 0.313 e. The molecule has 0 aromatic rings. The topological polar surface area (TPSA) is 109 Å². The molecule has 2 bridgehead atoms. The van der Waals surface area contributed by atoms with E-state index in [0.29, 0.717) is 58.5 Å². The van der Waals surface area contributed by atoms with E-state index in [1.807, 2.05) is 6.92 Å². The molecule has 206 valence electrons. The molecule has 2 amide bonds. The second-order valence-electron chi connectivity index (χ2n) is 10.4. The van der Waals surface area contributed by atoms with Crippen LogP contribution in [0.4, 0.5) is 0 Å². The first-order valence-corrected chi connectivity index (χ1v) is 13.5. The highest BCUT2D eigenvalue weighted by molar-refractivity contribution is 5.98. The van der Waals surface area contributed by atoms with Crippen molar-refractivity contribution in [3.63, 3.8) is 0 Å². The van der Waals surface area contributed by atoms with E-state index in [-0.39, 0.29) is 31.6 Å². The van der Waals surface area contributed by atoms with Crippen molar-refractivity contribution in [3.05, 3.63) is 25.3 Å². The van der Waals surface area contributed by atoms with Gasteiger partial charge in [-0.05, 0) is 25.7 Å². The van der Waals surface area contributed by atoms with Gasteiger partial charge in [0.15, 0.2) is 0 Å². The Morgan fingerprint density at radius 1 is 1.22 bits per heavy atom. The minimum absolute atomic E-state index is 0.0499. The van der Waals surface area contributed by atoms with Crippen molar-refractivity contribution in [1.29, 1.82) is 0 Å². The fourth-order valence-electron chi connectivity index (χ4n) is 6.78. The van der Waals surface area contributed by atoms with Crippen LogP contribution >= 0.6 is 0 Å². The minimum Gasteiger partial charge on any atom is -0.461 e. The number of carbonyl (C=O) groups is 3. The fourth-order valence-corrected chi connectivity index (χ4v) is 6.78. The Labute approximate surface area is 219 Å². The average molecular weight is 520 g/mol. The molecule has 0 aromatic carbocycles. The second kappa shape index (κ2) is 11.6. The van der Waals surface area contributed by atoms with Gasteiger partial charge in [-0.15, -0.1) is 6.58 Å². The third-order valence-corrected chi connectivity index (χ3v) is 8.52. The predicted molar refractivity (Wildman–Crippen MR) is 135 cm³/mol. The van der Waals surface area contributed by atoms with Gasteiger partial charge in [0.05, 0.1) is 24.7 Å². The van der Waals surface area contributed by atoms with Crippen molar-refractivity contribution in [2.24, 2.45) is 11.8 Å². The lowest BCUT2D eigenvalue weighted by Gasteiger charge is -2.37. The number of aliphatic hydroxyl groups is 1. The number of likely N-dealkylation sites (tertiary alicyclic amines) is 1. The summed E-state index contributed by atoms with van der Waals surface area (Å²) in [6.45, 7) is 14.0. The van der Waals surface area contributed by atoms with Crippen LogP contribution in [0.5, 0.6) is 0 Å². The van der Waals surface area contributed by atoms with Gasteiger partial charge in [-0.25, -0.2) is 0 Å². The van der Waals surface area contributed by atoms with Crippen molar-refractivity contribution in [3.8, 4) is 0 Å². The molecule has 4 saturated heterocycles. The Balaban J connectivity index is 1.66. The molecule has 0 aromatic heterocycles. The van der Waals surface area contributed by atoms with E-state index in [2.05, 4.69) is 18.1 Å². The van der Waals surface area contributed by atoms with Crippen LogP contribution in [-0.2, 0) is 28.6 Å². The molecule has 10 heteroatoms. The number of rotatable bonds is 13. The largest absolute Gasteiger partial charge is 0.461 e. The van der Waals surface area contributed by atoms with Gasteiger partial charge >= 0.3 is 5.97 Å². The van der Waals surface area contributed by atoms with Gasteiger partial charge in [-0.1, -0.05) is 25.7 Å². The fraction of sp³-hybridized carbons (Fsp3) is 0.741. The quantitative estimate of drug-likeness (QED) is 0.278. The zero-order valence-electron chi connectivity index (χ0n) is 21.9. The molecule has 4 fully saturated rings. The van der Waals surface area contributed by atoms with Crippen LogP contribution in [0.3, 0.4) is 0 Å². The van der Waals surface area contributed by atoms with Crippen LogP contribution in [0.25, 0.3) is 0 Å². The minimum atomic E-state index is -1.10. The number of fused-ring (bicyclic) bond motifs is 1. The van der Waals surface area contributed by atoms with E-state index in [1.54, 1.807) is 15.9 Å². The molecule has 4 aliphatic heterocycles. The number of amides is 2. The summed E-state index contributed by atoms with van der Waals surface area (Å²) >= 11 is 0. The maximum absolute atomic E-state index is 14.3. The first-order valence-electron chi connectivity index (χ1n) is 13.5. The molecule has 0 radical (unpaired) electrons. The highest BCUT2D eigenvalue weighted by Gasteiger charge is 2.79. The standard InChI is InChI=1S/C27H41N3O7/c1-4-10-29(13-12-28-14-18-35-19-15-28)24(33)22-27-9-8-26(6-3,37-27)21(25(34)36-17-5-2)20(27)23(32)30(22)11-7-16-31/h4-5,20-22,31H,1-2,6-19H2,3H3/t20-,21-,22?,26+,27?/m0/s1. The lowest BCUT2D eigenvalue weighted by atomic mass is 9.65. The monoisotopic (exact) mass is 519 g/mol. The van der Waals surface area contributed by atoms with E-state index < -0.39 is 35.0 Å². The average Bonchev–Trinajstić information content (AvgIpc) is 3.52. The van der Waals surface area contributed by atoms with Gasteiger partial charge in [-0.2, -0.15) is 0 Å². The smallest absolute Gasteiger partial charge is 0.313 e. The Kier molecular flexibility index (Phi) is 8.73. The van der Waals surface area contributed by atoms with Crippen molar-refractivity contribution < 1.29 is 33.7 Å². The Morgan fingerprint density at radius 2 is 1.97 bits per heavy atom. The number of ether oxygens (including phenoxy) is 3. The summed E-state index contributed by atoms with van der Waals surface area (Å²) in [6.07, 6.45) is 5.15. The third kappa shape index (κ3) is 4.84. The van der Waals surface area contributed by atoms with Crippen LogP contribution in [0.15, 0.2) is 25.3 Å². The number of hydrogen-bond donors (Lipinski definition) is 1. The molecule has 10 nitrogen and oxygen atoms in total. The molecule has 1 N–H and O–H groups in total. The first kappa shape index (κ1) is 27.8. The molecule has 5 atom stereocenters. The molecule has 1 spiro atoms. The predicted octanol–water partition coefficient (Wildman–Crippen LogP) is 0.600. The molecule has 0 saturated carbocycles. The lowest BCUT2D eigenvalue weighted by Crippen LogP contribution is -2.57. The van der Waals surface area contributed by atoms with E-state index >= 15 is 0 Å². The summed E-state index contributed by atoms with van der Waals surface area (Å²) in [4.78, 5) is 47.0.